The molecule has 4 heteroatoms. The van der Waals surface area contributed by atoms with Crippen molar-refractivity contribution in [2.45, 2.75) is 38.2 Å². The Morgan fingerprint density at radius 1 is 1.33 bits per heavy atom. The standard InChI is InChI=1S/C11H14O4/c12-11(13)9-6-7-10(15-9)14-8-4-2-1-3-5-8/h6-8H,1-5H2,(H,12,13). The van der Waals surface area contributed by atoms with Crippen molar-refractivity contribution >= 4 is 5.97 Å². The highest BCUT2D eigenvalue weighted by atomic mass is 16.6. The van der Waals surface area contributed by atoms with Gasteiger partial charge in [-0.15, -0.1) is 0 Å². The second-order valence-electron chi connectivity index (χ2n) is 3.80. The number of furan rings is 1. The smallest absolute Gasteiger partial charge is 0.371 e. The topological polar surface area (TPSA) is 59.7 Å². The first-order chi connectivity index (χ1) is 7.25. The molecule has 0 unspecified atom stereocenters. The van der Waals surface area contributed by atoms with E-state index in [9.17, 15) is 4.79 Å². The highest BCUT2D eigenvalue weighted by Crippen LogP contribution is 2.24. The van der Waals surface area contributed by atoms with E-state index in [1.807, 2.05) is 0 Å². The Morgan fingerprint density at radius 2 is 2.07 bits per heavy atom. The number of hydrogen-bond donors (Lipinski definition) is 1. The van der Waals surface area contributed by atoms with Crippen LogP contribution in [0.15, 0.2) is 16.5 Å². The molecule has 2 rings (SSSR count). The van der Waals surface area contributed by atoms with E-state index >= 15 is 0 Å². The molecule has 0 radical (unpaired) electrons. The van der Waals surface area contributed by atoms with Gasteiger partial charge in [0.15, 0.2) is 0 Å². The summed E-state index contributed by atoms with van der Waals surface area (Å²) in [5, 5.41) is 8.65. The van der Waals surface area contributed by atoms with Crippen LogP contribution in [0.1, 0.15) is 42.7 Å². The fourth-order valence-electron chi connectivity index (χ4n) is 1.85. The molecular weight excluding hydrogens is 196 g/mol. The van der Waals surface area contributed by atoms with Gasteiger partial charge in [0.2, 0.25) is 5.76 Å². The molecule has 1 saturated carbocycles. The van der Waals surface area contributed by atoms with Crippen LogP contribution in [0.4, 0.5) is 0 Å². The second-order valence-corrected chi connectivity index (χ2v) is 3.80. The van der Waals surface area contributed by atoms with Crippen LogP contribution in [0.3, 0.4) is 0 Å². The summed E-state index contributed by atoms with van der Waals surface area (Å²) in [6.45, 7) is 0. The average Bonchev–Trinajstić information content (AvgIpc) is 2.68. The minimum absolute atomic E-state index is 0.0687. The minimum atomic E-state index is -1.06. The van der Waals surface area contributed by atoms with Crippen molar-refractivity contribution < 1.29 is 19.1 Å². The van der Waals surface area contributed by atoms with Crippen molar-refractivity contribution in [3.05, 3.63) is 17.9 Å². The number of ether oxygens (including phenoxy) is 1. The molecule has 0 aliphatic heterocycles. The van der Waals surface area contributed by atoms with E-state index in [1.54, 1.807) is 6.07 Å². The largest absolute Gasteiger partial charge is 0.475 e. The molecule has 0 aromatic carbocycles. The Kier molecular flexibility index (Phi) is 2.94. The number of hydrogen-bond acceptors (Lipinski definition) is 3. The predicted molar refractivity (Wildman–Crippen MR) is 53.2 cm³/mol. The van der Waals surface area contributed by atoms with Gasteiger partial charge < -0.3 is 14.3 Å². The number of carboxylic acid groups (broad SMARTS) is 1. The van der Waals surface area contributed by atoms with Gasteiger partial charge in [-0.25, -0.2) is 4.79 Å². The predicted octanol–water partition coefficient (Wildman–Crippen LogP) is 2.69. The van der Waals surface area contributed by atoms with Gasteiger partial charge in [0.25, 0.3) is 5.95 Å². The molecule has 0 spiro atoms. The van der Waals surface area contributed by atoms with Crippen LogP contribution < -0.4 is 4.74 Å². The lowest BCUT2D eigenvalue weighted by atomic mass is 9.98. The Morgan fingerprint density at radius 3 is 2.67 bits per heavy atom. The Labute approximate surface area is 87.8 Å². The zero-order valence-electron chi connectivity index (χ0n) is 8.44. The van der Waals surface area contributed by atoms with E-state index in [0.29, 0.717) is 5.95 Å². The second kappa shape index (κ2) is 4.38. The molecule has 1 aromatic heterocycles. The van der Waals surface area contributed by atoms with Crippen molar-refractivity contribution in [3.63, 3.8) is 0 Å². The quantitative estimate of drug-likeness (QED) is 0.833. The van der Waals surface area contributed by atoms with Gasteiger partial charge in [0.1, 0.15) is 6.10 Å². The van der Waals surface area contributed by atoms with E-state index in [4.69, 9.17) is 14.3 Å². The SMILES string of the molecule is O=C(O)c1ccc(OC2CCCCC2)o1. The van der Waals surface area contributed by atoms with Gasteiger partial charge in [0, 0.05) is 6.07 Å². The Balaban J connectivity index is 1.94. The fraction of sp³-hybridized carbons (Fsp3) is 0.545. The summed E-state index contributed by atoms with van der Waals surface area (Å²) in [7, 11) is 0. The molecule has 4 nitrogen and oxygen atoms in total. The third kappa shape index (κ3) is 2.52. The van der Waals surface area contributed by atoms with Gasteiger partial charge in [-0.3, -0.25) is 0 Å². The van der Waals surface area contributed by atoms with Crippen LogP contribution in [-0.2, 0) is 0 Å². The lowest BCUT2D eigenvalue weighted by Gasteiger charge is -2.21. The van der Waals surface area contributed by atoms with Crippen molar-refractivity contribution in [1.82, 2.24) is 0 Å². The van der Waals surface area contributed by atoms with Crippen LogP contribution >= 0.6 is 0 Å². The first-order valence-electron chi connectivity index (χ1n) is 5.25. The molecule has 1 aliphatic carbocycles. The minimum Gasteiger partial charge on any atom is -0.475 e. The third-order valence-corrected chi connectivity index (χ3v) is 2.63. The van der Waals surface area contributed by atoms with Crippen molar-refractivity contribution in [1.29, 1.82) is 0 Å². The van der Waals surface area contributed by atoms with E-state index in [2.05, 4.69) is 0 Å². The maximum absolute atomic E-state index is 10.6. The first kappa shape index (κ1) is 10.1. The highest BCUT2D eigenvalue weighted by molar-refractivity contribution is 5.84. The number of carbonyl (C=O) groups is 1. The Hall–Kier alpha value is -1.45. The summed E-state index contributed by atoms with van der Waals surface area (Å²) in [4.78, 5) is 10.6. The number of rotatable bonds is 3. The lowest BCUT2D eigenvalue weighted by Crippen LogP contribution is -2.19. The summed E-state index contributed by atoms with van der Waals surface area (Å²) in [5.41, 5.74) is 0. The summed E-state index contributed by atoms with van der Waals surface area (Å²) in [6.07, 6.45) is 5.87. The van der Waals surface area contributed by atoms with Crippen molar-refractivity contribution in [2.24, 2.45) is 0 Å². The normalized spacial score (nSPS) is 17.6. The van der Waals surface area contributed by atoms with Crippen LogP contribution in [0.5, 0.6) is 5.95 Å². The summed E-state index contributed by atoms with van der Waals surface area (Å²) < 4.78 is 10.6. The molecule has 1 heterocycles. The maximum atomic E-state index is 10.6. The van der Waals surface area contributed by atoms with Gasteiger partial charge in [0.05, 0.1) is 0 Å². The monoisotopic (exact) mass is 210 g/mol. The molecule has 1 aliphatic rings. The molecular formula is C11H14O4. The molecule has 1 N–H and O–H groups in total. The lowest BCUT2D eigenvalue weighted by molar-refractivity contribution is 0.0637. The number of carboxylic acids is 1. The molecule has 0 atom stereocenters. The molecule has 1 aromatic rings. The van der Waals surface area contributed by atoms with E-state index in [0.717, 1.165) is 12.8 Å². The average molecular weight is 210 g/mol. The highest BCUT2D eigenvalue weighted by Gasteiger charge is 2.17. The summed E-state index contributed by atoms with van der Waals surface area (Å²) in [6, 6.07) is 2.98. The maximum Gasteiger partial charge on any atom is 0.371 e. The summed E-state index contributed by atoms with van der Waals surface area (Å²) >= 11 is 0. The molecule has 0 amide bonds. The van der Waals surface area contributed by atoms with Gasteiger partial charge in [-0.2, -0.15) is 0 Å². The van der Waals surface area contributed by atoms with Crippen LogP contribution in [-0.4, -0.2) is 17.2 Å². The van der Waals surface area contributed by atoms with E-state index in [1.165, 1.54) is 25.3 Å². The molecule has 0 bridgehead atoms. The van der Waals surface area contributed by atoms with Crippen LogP contribution in [0, 0.1) is 0 Å². The number of aromatic carboxylic acids is 1. The molecule has 82 valence electrons. The molecule has 15 heavy (non-hydrogen) atoms. The van der Waals surface area contributed by atoms with Gasteiger partial charge >= 0.3 is 5.97 Å². The van der Waals surface area contributed by atoms with Crippen molar-refractivity contribution in [2.75, 3.05) is 0 Å². The van der Waals surface area contributed by atoms with E-state index < -0.39 is 5.97 Å². The van der Waals surface area contributed by atoms with Crippen LogP contribution in [0.2, 0.25) is 0 Å². The summed E-state index contributed by atoms with van der Waals surface area (Å²) in [5.74, 6) is -0.811. The zero-order chi connectivity index (χ0) is 10.7. The Bertz CT molecular complexity index is 336. The third-order valence-electron chi connectivity index (χ3n) is 2.63. The fourth-order valence-corrected chi connectivity index (χ4v) is 1.85. The zero-order valence-corrected chi connectivity index (χ0v) is 8.44. The van der Waals surface area contributed by atoms with Gasteiger partial charge in [-0.05, 0) is 31.7 Å². The van der Waals surface area contributed by atoms with Gasteiger partial charge in [-0.1, -0.05) is 6.42 Å². The van der Waals surface area contributed by atoms with E-state index in [-0.39, 0.29) is 11.9 Å². The van der Waals surface area contributed by atoms with Crippen molar-refractivity contribution in [3.8, 4) is 5.95 Å². The first-order valence-corrected chi connectivity index (χ1v) is 5.25. The molecule has 0 saturated heterocycles. The molecule has 1 fully saturated rings. The van der Waals surface area contributed by atoms with Crippen LogP contribution in [0.25, 0.3) is 0 Å².